The summed E-state index contributed by atoms with van der Waals surface area (Å²) in [6, 6.07) is 1.28. The Morgan fingerprint density at radius 3 is 2.73 bits per heavy atom. The van der Waals surface area contributed by atoms with E-state index in [2.05, 4.69) is 0 Å². The maximum Gasteiger partial charge on any atom is 0.341 e. The average molecular weight is 361 g/mol. The fraction of sp³-hybridized carbons (Fsp3) is 0.474. The maximum atomic E-state index is 15.0. The molecule has 2 atom stereocenters. The molecule has 140 valence electrons. The van der Waals surface area contributed by atoms with Gasteiger partial charge in [-0.25, -0.2) is 9.18 Å². The van der Waals surface area contributed by atoms with E-state index in [1.165, 1.54) is 12.3 Å². The Hall–Kier alpha value is -2.41. The minimum Gasteiger partial charge on any atom is -0.477 e. The lowest BCUT2D eigenvalue weighted by Gasteiger charge is -2.37. The summed E-state index contributed by atoms with van der Waals surface area (Å²) in [4.78, 5) is 25.9. The molecule has 2 aromatic rings. The van der Waals surface area contributed by atoms with Crippen LogP contribution in [0.3, 0.4) is 0 Å². The molecule has 1 aromatic carbocycles. The Morgan fingerprint density at radius 1 is 1.46 bits per heavy atom. The Balaban J connectivity index is 2.27. The van der Waals surface area contributed by atoms with Crippen molar-refractivity contribution in [2.45, 2.75) is 39.8 Å². The third-order valence-corrected chi connectivity index (χ3v) is 5.38. The van der Waals surface area contributed by atoms with Crippen LogP contribution in [0.25, 0.3) is 10.9 Å². The number of fused-ring (bicyclic) bond motifs is 1. The molecule has 0 unspecified atom stereocenters. The van der Waals surface area contributed by atoms with Crippen LogP contribution < -0.4 is 16.1 Å². The molecule has 0 amide bonds. The van der Waals surface area contributed by atoms with Crippen LogP contribution in [0.4, 0.5) is 10.1 Å². The number of carbonyl (C=O) groups is 1. The zero-order chi connectivity index (χ0) is 19.2. The largest absolute Gasteiger partial charge is 0.477 e. The highest BCUT2D eigenvalue weighted by Gasteiger charge is 2.28. The summed E-state index contributed by atoms with van der Waals surface area (Å²) in [5.74, 6) is -1.57. The lowest BCUT2D eigenvalue weighted by Crippen LogP contribution is -2.46. The quantitative estimate of drug-likeness (QED) is 0.876. The molecule has 1 aliphatic rings. The first-order valence-corrected chi connectivity index (χ1v) is 8.86. The fourth-order valence-electron chi connectivity index (χ4n) is 3.88. The number of carboxylic acids is 1. The van der Waals surface area contributed by atoms with Gasteiger partial charge in [0.25, 0.3) is 0 Å². The van der Waals surface area contributed by atoms with E-state index < -0.39 is 17.2 Å². The molecule has 3 rings (SSSR count). The molecule has 0 bridgehead atoms. The molecule has 2 heterocycles. The Bertz CT molecular complexity index is 938. The van der Waals surface area contributed by atoms with Crippen molar-refractivity contribution in [2.75, 3.05) is 18.0 Å². The number of aromatic carboxylic acids is 1. The summed E-state index contributed by atoms with van der Waals surface area (Å²) in [6.07, 6.45) is 2.12. The molecule has 0 saturated carbocycles. The van der Waals surface area contributed by atoms with Gasteiger partial charge >= 0.3 is 5.97 Å². The summed E-state index contributed by atoms with van der Waals surface area (Å²) < 4.78 is 16.7. The van der Waals surface area contributed by atoms with Gasteiger partial charge in [-0.1, -0.05) is 6.92 Å². The first-order valence-electron chi connectivity index (χ1n) is 8.86. The lowest BCUT2D eigenvalue weighted by molar-refractivity contribution is 0.0695. The van der Waals surface area contributed by atoms with Crippen LogP contribution in [0.2, 0.25) is 0 Å². The van der Waals surface area contributed by atoms with Crippen LogP contribution in [0.1, 0.15) is 36.2 Å². The summed E-state index contributed by atoms with van der Waals surface area (Å²) in [5, 5.41) is 9.37. The topological polar surface area (TPSA) is 88.6 Å². The molecule has 1 saturated heterocycles. The monoisotopic (exact) mass is 361 g/mol. The molecule has 1 fully saturated rings. The van der Waals surface area contributed by atoms with Crippen molar-refractivity contribution >= 4 is 22.6 Å². The predicted octanol–water partition coefficient (Wildman–Crippen LogP) is 2.34. The number of nitrogens with two attached hydrogens (primary N) is 1. The molecule has 26 heavy (non-hydrogen) atoms. The number of hydrogen-bond acceptors (Lipinski definition) is 4. The molecular formula is C19H24FN3O3. The molecule has 7 heteroatoms. The minimum absolute atomic E-state index is 0.0991. The van der Waals surface area contributed by atoms with Gasteiger partial charge in [0, 0.05) is 37.3 Å². The van der Waals surface area contributed by atoms with Crippen molar-refractivity contribution in [1.82, 2.24) is 4.57 Å². The van der Waals surface area contributed by atoms with Gasteiger partial charge in [-0.05, 0) is 37.8 Å². The standard InChI is InChI=1S/C19H24FN3O3/c1-4-22-9-13(19(25)26)18(24)12-7-14(20)17(11(3)16(12)22)23-6-5-15(21)10(2)8-23/h7,9-10,15H,4-6,8,21H2,1-3H3,(H,25,26)/t10-,15-/m1/s1. The van der Waals surface area contributed by atoms with Gasteiger partial charge in [-0.3, -0.25) is 4.79 Å². The fourth-order valence-corrected chi connectivity index (χ4v) is 3.88. The Kier molecular flexibility index (Phi) is 4.75. The summed E-state index contributed by atoms with van der Waals surface area (Å²) in [6.45, 7) is 7.47. The van der Waals surface area contributed by atoms with E-state index in [4.69, 9.17) is 5.73 Å². The number of carboxylic acid groups (broad SMARTS) is 1. The molecular weight excluding hydrogens is 337 g/mol. The van der Waals surface area contributed by atoms with Crippen LogP contribution in [0, 0.1) is 18.7 Å². The number of piperidine rings is 1. The zero-order valence-electron chi connectivity index (χ0n) is 15.3. The lowest BCUT2D eigenvalue weighted by atomic mass is 9.93. The number of hydrogen-bond donors (Lipinski definition) is 2. The van der Waals surface area contributed by atoms with Crippen molar-refractivity contribution in [3.05, 3.63) is 39.4 Å². The number of rotatable bonds is 3. The summed E-state index contributed by atoms with van der Waals surface area (Å²) in [5.41, 5.74) is 6.79. The zero-order valence-corrected chi connectivity index (χ0v) is 15.3. The average Bonchev–Trinajstić information content (AvgIpc) is 2.58. The number of pyridine rings is 1. The van der Waals surface area contributed by atoms with E-state index in [0.29, 0.717) is 36.4 Å². The number of nitrogens with zero attached hydrogens (tertiary/aromatic N) is 2. The van der Waals surface area contributed by atoms with Gasteiger partial charge in [-0.2, -0.15) is 0 Å². The second kappa shape index (κ2) is 6.72. The van der Waals surface area contributed by atoms with E-state index in [0.717, 1.165) is 6.42 Å². The van der Waals surface area contributed by atoms with Crippen molar-refractivity contribution in [3.63, 3.8) is 0 Å². The molecule has 0 radical (unpaired) electrons. The van der Waals surface area contributed by atoms with Crippen molar-refractivity contribution in [2.24, 2.45) is 11.7 Å². The smallest absolute Gasteiger partial charge is 0.341 e. The van der Waals surface area contributed by atoms with Gasteiger partial charge in [0.05, 0.1) is 11.2 Å². The first-order chi connectivity index (χ1) is 12.3. The molecule has 0 aliphatic carbocycles. The SMILES string of the molecule is CCn1cc(C(=O)O)c(=O)c2cc(F)c(N3CC[C@@H](N)[C@H](C)C3)c(C)c21. The number of aromatic nitrogens is 1. The van der Waals surface area contributed by atoms with E-state index in [9.17, 15) is 19.1 Å². The molecule has 3 N–H and O–H groups in total. The van der Waals surface area contributed by atoms with Crippen LogP contribution in [0.15, 0.2) is 17.1 Å². The van der Waals surface area contributed by atoms with E-state index in [1.54, 1.807) is 11.5 Å². The minimum atomic E-state index is -1.31. The van der Waals surface area contributed by atoms with Gasteiger partial charge in [0.1, 0.15) is 11.4 Å². The second-order valence-electron chi connectivity index (χ2n) is 7.07. The molecule has 6 nitrogen and oxygen atoms in total. The molecule has 1 aliphatic heterocycles. The number of halogens is 1. The van der Waals surface area contributed by atoms with E-state index in [-0.39, 0.29) is 22.9 Å². The van der Waals surface area contributed by atoms with Crippen molar-refractivity contribution < 1.29 is 14.3 Å². The normalized spacial score (nSPS) is 20.6. The van der Waals surface area contributed by atoms with Crippen molar-refractivity contribution in [1.29, 1.82) is 0 Å². The predicted molar refractivity (Wildman–Crippen MR) is 99.5 cm³/mol. The summed E-state index contributed by atoms with van der Waals surface area (Å²) >= 11 is 0. The van der Waals surface area contributed by atoms with Crippen LogP contribution in [0.5, 0.6) is 0 Å². The second-order valence-corrected chi connectivity index (χ2v) is 7.07. The first kappa shape index (κ1) is 18.4. The van der Waals surface area contributed by atoms with E-state index >= 15 is 0 Å². The molecule has 0 spiro atoms. The van der Waals surface area contributed by atoms with Gasteiger partial charge in [0.15, 0.2) is 0 Å². The van der Waals surface area contributed by atoms with Gasteiger partial charge in [0.2, 0.25) is 5.43 Å². The van der Waals surface area contributed by atoms with Gasteiger partial charge < -0.3 is 20.3 Å². The highest BCUT2D eigenvalue weighted by atomic mass is 19.1. The Labute approximate surface area is 151 Å². The third kappa shape index (κ3) is 2.86. The number of anilines is 1. The van der Waals surface area contributed by atoms with Crippen LogP contribution >= 0.6 is 0 Å². The molecule has 1 aromatic heterocycles. The maximum absolute atomic E-state index is 15.0. The van der Waals surface area contributed by atoms with Gasteiger partial charge in [-0.15, -0.1) is 0 Å². The third-order valence-electron chi connectivity index (χ3n) is 5.38. The Morgan fingerprint density at radius 2 is 2.15 bits per heavy atom. The van der Waals surface area contributed by atoms with Crippen molar-refractivity contribution in [3.8, 4) is 0 Å². The number of aryl methyl sites for hydroxylation is 2. The number of benzene rings is 1. The van der Waals surface area contributed by atoms with Crippen LogP contribution in [-0.4, -0.2) is 34.8 Å². The highest BCUT2D eigenvalue weighted by Crippen LogP contribution is 2.33. The summed E-state index contributed by atoms with van der Waals surface area (Å²) in [7, 11) is 0. The highest BCUT2D eigenvalue weighted by molar-refractivity contribution is 5.95. The van der Waals surface area contributed by atoms with Crippen LogP contribution in [-0.2, 0) is 6.54 Å². The van der Waals surface area contributed by atoms with E-state index in [1.807, 2.05) is 18.7 Å².